The van der Waals surface area contributed by atoms with Gasteiger partial charge in [0.1, 0.15) is 0 Å². The van der Waals surface area contributed by atoms with Crippen molar-refractivity contribution >= 4 is 11.9 Å². The molecule has 0 radical (unpaired) electrons. The van der Waals surface area contributed by atoms with Crippen molar-refractivity contribution in [2.24, 2.45) is 11.8 Å². The van der Waals surface area contributed by atoms with Crippen LogP contribution in [0.4, 0.5) is 4.79 Å². The minimum absolute atomic E-state index is 0.0315. The summed E-state index contributed by atoms with van der Waals surface area (Å²) in [7, 11) is 0. The Hall–Kier alpha value is -1.34. The predicted octanol–water partition coefficient (Wildman–Crippen LogP) is 1.14. The number of urea groups is 1. The maximum absolute atomic E-state index is 12.5. The van der Waals surface area contributed by atoms with Gasteiger partial charge in [-0.2, -0.15) is 0 Å². The summed E-state index contributed by atoms with van der Waals surface area (Å²) >= 11 is 0. The Labute approximate surface area is 162 Å². The molecule has 1 atom stereocenters. The molecule has 2 saturated carbocycles. The fraction of sp³-hybridized carbons (Fsp3) is 0.900. The number of carbonyl (C=O) groups is 2. The average molecular weight is 379 g/mol. The van der Waals surface area contributed by atoms with Crippen molar-refractivity contribution in [1.82, 2.24) is 20.0 Å². The molecule has 7 heteroatoms. The molecule has 4 aliphatic rings. The van der Waals surface area contributed by atoms with Crippen LogP contribution in [-0.4, -0.2) is 91.2 Å². The lowest BCUT2D eigenvalue weighted by molar-refractivity contribution is -0.139. The van der Waals surface area contributed by atoms with Gasteiger partial charge in [0, 0.05) is 51.7 Å². The summed E-state index contributed by atoms with van der Waals surface area (Å²) in [5.74, 6) is 1.28. The van der Waals surface area contributed by atoms with Crippen molar-refractivity contribution in [3.8, 4) is 0 Å². The highest BCUT2D eigenvalue weighted by Gasteiger charge is 2.46. The normalized spacial score (nSPS) is 30.1. The molecule has 0 aromatic rings. The molecule has 0 bridgehead atoms. The number of hydrogen-bond acceptors (Lipinski definition) is 4. The van der Waals surface area contributed by atoms with Gasteiger partial charge < -0.3 is 19.9 Å². The molecule has 4 rings (SSSR count). The molecule has 3 amide bonds. The summed E-state index contributed by atoms with van der Waals surface area (Å²) in [5, 5.41) is 3.08. The van der Waals surface area contributed by atoms with Crippen molar-refractivity contribution in [1.29, 1.82) is 0 Å². The van der Waals surface area contributed by atoms with Crippen LogP contribution in [0.3, 0.4) is 0 Å². The summed E-state index contributed by atoms with van der Waals surface area (Å²) in [6.07, 6.45) is 5.81. The number of amides is 3. The van der Waals surface area contributed by atoms with Gasteiger partial charge >= 0.3 is 6.03 Å². The standard InChI is InChI=1S/C20H34N4O3/c1-20(17-5-6-17)15-24(13-14-27-20)19(26)21-7-8-22-9-11-23(12-10-22)18(25)16-3-2-4-16/h16-17H,2-15H2,1H3,(H,21,26). The van der Waals surface area contributed by atoms with Gasteiger partial charge in [-0.15, -0.1) is 0 Å². The zero-order chi connectivity index (χ0) is 18.9. The monoisotopic (exact) mass is 378 g/mol. The van der Waals surface area contributed by atoms with Crippen molar-refractivity contribution in [2.45, 2.75) is 44.6 Å². The molecule has 2 heterocycles. The van der Waals surface area contributed by atoms with Crippen LogP contribution in [-0.2, 0) is 9.53 Å². The molecule has 0 spiro atoms. The quantitative estimate of drug-likeness (QED) is 0.779. The Morgan fingerprint density at radius 2 is 1.78 bits per heavy atom. The Kier molecular flexibility index (Phi) is 5.60. The number of hydrogen-bond donors (Lipinski definition) is 1. The molecular formula is C20H34N4O3. The first kappa shape index (κ1) is 19.0. The van der Waals surface area contributed by atoms with Crippen LogP contribution in [0.5, 0.6) is 0 Å². The van der Waals surface area contributed by atoms with E-state index in [0.717, 1.165) is 45.6 Å². The molecule has 2 aliphatic heterocycles. The van der Waals surface area contributed by atoms with E-state index in [1.54, 1.807) is 0 Å². The summed E-state index contributed by atoms with van der Waals surface area (Å²) in [5.41, 5.74) is -0.154. The van der Waals surface area contributed by atoms with Crippen LogP contribution in [0, 0.1) is 11.8 Å². The van der Waals surface area contributed by atoms with Gasteiger partial charge in [0.05, 0.1) is 18.8 Å². The lowest BCUT2D eigenvalue weighted by atomic mass is 9.84. The number of nitrogens with one attached hydrogen (secondary N) is 1. The van der Waals surface area contributed by atoms with E-state index in [2.05, 4.69) is 17.1 Å². The summed E-state index contributed by atoms with van der Waals surface area (Å²) < 4.78 is 5.97. The smallest absolute Gasteiger partial charge is 0.317 e. The van der Waals surface area contributed by atoms with E-state index in [9.17, 15) is 9.59 Å². The van der Waals surface area contributed by atoms with Crippen molar-refractivity contribution in [3.63, 3.8) is 0 Å². The summed E-state index contributed by atoms with van der Waals surface area (Å²) in [4.78, 5) is 31.1. The Bertz CT molecular complexity index is 555. The maximum Gasteiger partial charge on any atom is 0.317 e. The van der Waals surface area contributed by atoms with E-state index < -0.39 is 0 Å². The highest BCUT2D eigenvalue weighted by Crippen LogP contribution is 2.43. The van der Waals surface area contributed by atoms with Crippen LogP contribution in [0.25, 0.3) is 0 Å². The fourth-order valence-electron chi connectivity index (χ4n) is 4.54. The van der Waals surface area contributed by atoms with Crippen molar-refractivity contribution in [3.05, 3.63) is 0 Å². The first-order chi connectivity index (χ1) is 13.0. The Balaban J connectivity index is 1.14. The molecule has 0 aromatic heterocycles. The number of ether oxygens (including phenoxy) is 1. The largest absolute Gasteiger partial charge is 0.371 e. The maximum atomic E-state index is 12.5. The summed E-state index contributed by atoms with van der Waals surface area (Å²) in [6.45, 7) is 9.14. The molecule has 2 saturated heterocycles. The highest BCUT2D eigenvalue weighted by molar-refractivity contribution is 5.79. The van der Waals surface area contributed by atoms with Gasteiger partial charge in [0.2, 0.25) is 5.91 Å². The molecule has 1 N–H and O–H groups in total. The molecule has 4 fully saturated rings. The zero-order valence-electron chi connectivity index (χ0n) is 16.6. The summed E-state index contributed by atoms with van der Waals surface area (Å²) in [6, 6.07) is 0.0315. The number of morpholine rings is 1. The van der Waals surface area contributed by atoms with Crippen molar-refractivity contribution in [2.75, 3.05) is 59.0 Å². The van der Waals surface area contributed by atoms with Gasteiger partial charge in [0.25, 0.3) is 0 Å². The number of carbonyl (C=O) groups excluding carboxylic acids is 2. The van der Waals surface area contributed by atoms with Gasteiger partial charge in [-0.3, -0.25) is 9.69 Å². The fourth-order valence-corrected chi connectivity index (χ4v) is 4.54. The van der Waals surface area contributed by atoms with E-state index in [1.807, 2.05) is 9.80 Å². The first-order valence-corrected chi connectivity index (χ1v) is 10.7. The second-order valence-electron chi connectivity index (χ2n) is 8.88. The van der Waals surface area contributed by atoms with E-state index in [4.69, 9.17) is 4.74 Å². The number of rotatable bonds is 5. The molecule has 7 nitrogen and oxygen atoms in total. The van der Waals surface area contributed by atoms with Crippen LogP contribution < -0.4 is 5.32 Å². The third kappa shape index (κ3) is 4.40. The van der Waals surface area contributed by atoms with E-state index in [0.29, 0.717) is 44.0 Å². The van der Waals surface area contributed by atoms with E-state index in [1.165, 1.54) is 19.3 Å². The minimum atomic E-state index is -0.154. The molecule has 2 aliphatic carbocycles. The van der Waals surface area contributed by atoms with Crippen LogP contribution >= 0.6 is 0 Å². The van der Waals surface area contributed by atoms with E-state index >= 15 is 0 Å². The molecule has 0 aromatic carbocycles. The van der Waals surface area contributed by atoms with Crippen LogP contribution in [0.2, 0.25) is 0 Å². The second-order valence-corrected chi connectivity index (χ2v) is 8.88. The second kappa shape index (κ2) is 7.95. The molecular weight excluding hydrogens is 344 g/mol. The minimum Gasteiger partial charge on any atom is -0.371 e. The lowest BCUT2D eigenvalue weighted by Gasteiger charge is -2.41. The van der Waals surface area contributed by atoms with Crippen molar-refractivity contribution < 1.29 is 14.3 Å². The first-order valence-electron chi connectivity index (χ1n) is 10.7. The molecule has 27 heavy (non-hydrogen) atoms. The lowest BCUT2D eigenvalue weighted by Crippen LogP contribution is -2.56. The predicted molar refractivity (Wildman–Crippen MR) is 102 cm³/mol. The Morgan fingerprint density at radius 1 is 1.04 bits per heavy atom. The third-order valence-corrected chi connectivity index (χ3v) is 6.87. The zero-order valence-corrected chi connectivity index (χ0v) is 16.6. The van der Waals surface area contributed by atoms with Gasteiger partial charge in [-0.05, 0) is 38.5 Å². The Morgan fingerprint density at radius 3 is 2.41 bits per heavy atom. The average Bonchev–Trinajstić information content (AvgIpc) is 3.46. The van der Waals surface area contributed by atoms with Gasteiger partial charge in [-0.1, -0.05) is 6.42 Å². The molecule has 1 unspecified atom stereocenters. The van der Waals surface area contributed by atoms with Gasteiger partial charge in [0.15, 0.2) is 0 Å². The third-order valence-electron chi connectivity index (χ3n) is 6.87. The van der Waals surface area contributed by atoms with E-state index in [-0.39, 0.29) is 11.6 Å². The number of nitrogens with zero attached hydrogens (tertiary/aromatic N) is 3. The number of piperazine rings is 1. The van der Waals surface area contributed by atoms with Crippen LogP contribution in [0.15, 0.2) is 0 Å². The SMILES string of the molecule is CC1(C2CC2)CN(C(=O)NCCN2CCN(C(=O)C3CCC3)CC2)CCO1. The topological polar surface area (TPSA) is 65.1 Å². The highest BCUT2D eigenvalue weighted by atomic mass is 16.5. The molecule has 152 valence electrons. The van der Waals surface area contributed by atoms with Crippen LogP contribution in [0.1, 0.15) is 39.0 Å². The van der Waals surface area contributed by atoms with Gasteiger partial charge in [-0.25, -0.2) is 4.79 Å².